The van der Waals surface area contributed by atoms with Crippen molar-refractivity contribution in [2.45, 2.75) is 25.8 Å². The molecule has 1 aromatic rings. The first-order valence-electron chi connectivity index (χ1n) is 8.81. The van der Waals surface area contributed by atoms with Crippen molar-refractivity contribution >= 4 is 0 Å². The molecule has 1 heterocycles. The second kappa shape index (κ2) is 7.08. The Labute approximate surface area is 144 Å². The fourth-order valence-electron chi connectivity index (χ4n) is 3.95. The number of halogens is 1. The van der Waals surface area contributed by atoms with E-state index in [0.717, 1.165) is 18.0 Å². The SMILES string of the molecule is CNCC(C1=CC(CN)=C(C)C(c2ccc(F)cc2)N1C)C1CC1. The third kappa shape index (κ3) is 3.26. The number of hydrogen-bond acceptors (Lipinski definition) is 3. The first-order valence-corrected chi connectivity index (χ1v) is 8.81. The fraction of sp³-hybridized carbons (Fsp3) is 0.500. The van der Waals surface area contributed by atoms with Gasteiger partial charge in [-0.1, -0.05) is 12.1 Å². The van der Waals surface area contributed by atoms with Crippen LogP contribution < -0.4 is 11.1 Å². The summed E-state index contributed by atoms with van der Waals surface area (Å²) < 4.78 is 13.3. The Morgan fingerprint density at radius 1 is 1.29 bits per heavy atom. The van der Waals surface area contributed by atoms with Crippen molar-refractivity contribution in [2.24, 2.45) is 17.6 Å². The van der Waals surface area contributed by atoms with E-state index in [1.54, 1.807) is 12.1 Å². The van der Waals surface area contributed by atoms with Gasteiger partial charge in [-0.15, -0.1) is 0 Å². The summed E-state index contributed by atoms with van der Waals surface area (Å²) in [5, 5.41) is 3.35. The van der Waals surface area contributed by atoms with Crippen LogP contribution in [0.4, 0.5) is 4.39 Å². The Balaban J connectivity index is 2.00. The average Bonchev–Trinajstić information content (AvgIpc) is 3.40. The Hall–Kier alpha value is -1.65. The lowest BCUT2D eigenvalue weighted by atomic mass is 9.86. The van der Waals surface area contributed by atoms with Gasteiger partial charge in [-0.25, -0.2) is 4.39 Å². The van der Waals surface area contributed by atoms with Gasteiger partial charge in [0.15, 0.2) is 0 Å². The summed E-state index contributed by atoms with van der Waals surface area (Å²) in [6, 6.07) is 7.00. The minimum Gasteiger partial charge on any atom is -0.367 e. The second-order valence-corrected chi connectivity index (χ2v) is 7.05. The standard InChI is InChI=1S/C20H28FN3/c1-13-16(11-22)10-19(18(12-23-2)14-4-5-14)24(3)20(13)15-6-8-17(21)9-7-15/h6-10,14,18,20,23H,4-5,11-12,22H2,1-3H3. The molecule has 1 aromatic carbocycles. The molecule has 0 spiro atoms. The number of nitrogens with one attached hydrogen (secondary N) is 1. The highest BCUT2D eigenvalue weighted by atomic mass is 19.1. The van der Waals surface area contributed by atoms with Crippen LogP contribution in [0, 0.1) is 17.7 Å². The van der Waals surface area contributed by atoms with E-state index < -0.39 is 0 Å². The van der Waals surface area contributed by atoms with E-state index >= 15 is 0 Å². The normalized spacial score (nSPS) is 22.6. The van der Waals surface area contributed by atoms with E-state index in [-0.39, 0.29) is 11.9 Å². The van der Waals surface area contributed by atoms with Gasteiger partial charge in [-0.3, -0.25) is 0 Å². The second-order valence-electron chi connectivity index (χ2n) is 7.05. The largest absolute Gasteiger partial charge is 0.367 e. The summed E-state index contributed by atoms with van der Waals surface area (Å²) in [5.74, 6) is 1.08. The van der Waals surface area contributed by atoms with E-state index in [9.17, 15) is 4.39 Å². The van der Waals surface area contributed by atoms with Gasteiger partial charge in [0.2, 0.25) is 0 Å². The quantitative estimate of drug-likeness (QED) is 0.842. The lowest BCUT2D eigenvalue weighted by Crippen LogP contribution is -2.36. The summed E-state index contributed by atoms with van der Waals surface area (Å²) in [5.41, 5.74) is 11.0. The minimum atomic E-state index is -0.195. The third-order valence-corrected chi connectivity index (χ3v) is 5.43. The summed E-state index contributed by atoms with van der Waals surface area (Å²) in [6.07, 6.45) is 4.90. The monoisotopic (exact) mass is 329 g/mol. The third-order valence-electron chi connectivity index (χ3n) is 5.43. The molecular formula is C20H28FN3. The summed E-state index contributed by atoms with van der Waals surface area (Å²) in [6.45, 7) is 3.66. The maximum atomic E-state index is 13.3. The maximum absolute atomic E-state index is 13.3. The smallest absolute Gasteiger partial charge is 0.123 e. The van der Waals surface area contributed by atoms with E-state index in [1.807, 2.05) is 19.2 Å². The molecule has 1 fully saturated rings. The maximum Gasteiger partial charge on any atom is 0.123 e. The number of likely N-dealkylation sites (N-methyl/N-ethyl adjacent to an activating group) is 1. The van der Waals surface area contributed by atoms with Gasteiger partial charge in [-0.05, 0) is 67.6 Å². The van der Waals surface area contributed by atoms with Crippen LogP contribution in [0.5, 0.6) is 0 Å². The molecule has 0 bridgehead atoms. The van der Waals surface area contributed by atoms with Crippen molar-refractivity contribution < 1.29 is 4.39 Å². The minimum absolute atomic E-state index is 0.127. The van der Waals surface area contributed by atoms with Crippen LogP contribution in [0.25, 0.3) is 0 Å². The summed E-state index contributed by atoms with van der Waals surface area (Å²) >= 11 is 0. The highest BCUT2D eigenvalue weighted by Gasteiger charge is 2.38. The lowest BCUT2D eigenvalue weighted by Gasteiger charge is -2.41. The van der Waals surface area contributed by atoms with Crippen molar-refractivity contribution in [3.05, 3.63) is 58.6 Å². The Morgan fingerprint density at radius 2 is 1.96 bits per heavy atom. The molecule has 1 aliphatic heterocycles. The summed E-state index contributed by atoms with van der Waals surface area (Å²) in [4.78, 5) is 2.36. The van der Waals surface area contributed by atoms with Crippen LogP contribution in [-0.2, 0) is 0 Å². The van der Waals surface area contributed by atoms with Crippen LogP contribution in [0.2, 0.25) is 0 Å². The molecule has 1 aliphatic carbocycles. The number of hydrogen-bond donors (Lipinski definition) is 2. The van der Waals surface area contributed by atoms with Crippen LogP contribution in [0.1, 0.15) is 31.4 Å². The van der Waals surface area contributed by atoms with Crippen molar-refractivity contribution in [3.8, 4) is 0 Å². The predicted molar refractivity (Wildman–Crippen MR) is 96.9 cm³/mol. The lowest BCUT2D eigenvalue weighted by molar-refractivity contribution is 0.279. The molecule has 2 atom stereocenters. The van der Waals surface area contributed by atoms with Gasteiger partial charge >= 0.3 is 0 Å². The van der Waals surface area contributed by atoms with Gasteiger partial charge in [0.1, 0.15) is 5.82 Å². The van der Waals surface area contributed by atoms with E-state index in [4.69, 9.17) is 5.73 Å². The van der Waals surface area contributed by atoms with E-state index in [1.165, 1.54) is 29.7 Å². The molecule has 0 amide bonds. The molecule has 0 saturated heterocycles. The van der Waals surface area contributed by atoms with Gasteiger partial charge in [0.05, 0.1) is 6.04 Å². The van der Waals surface area contributed by atoms with Gasteiger partial charge < -0.3 is 16.0 Å². The first-order chi connectivity index (χ1) is 11.6. The van der Waals surface area contributed by atoms with Gasteiger partial charge in [0, 0.05) is 31.8 Å². The fourth-order valence-corrected chi connectivity index (χ4v) is 3.95. The average molecular weight is 329 g/mol. The molecule has 2 aliphatic rings. The Kier molecular flexibility index (Phi) is 5.07. The molecular weight excluding hydrogens is 301 g/mol. The zero-order chi connectivity index (χ0) is 17.3. The molecule has 24 heavy (non-hydrogen) atoms. The number of rotatable bonds is 6. The molecule has 0 aromatic heterocycles. The highest BCUT2D eigenvalue weighted by molar-refractivity contribution is 5.42. The van der Waals surface area contributed by atoms with Crippen molar-refractivity contribution in [2.75, 3.05) is 27.2 Å². The molecule has 3 rings (SSSR count). The molecule has 130 valence electrons. The van der Waals surface area contributed by atoms with Crippen molar-refractivity contribution in [1.82, 2.24) is 10.2 Å². The highest BCUT2D eigenvalue weighted by Crippen LogP contribution is 2.45. The van der Waals surface area contributed by atoms with Crippen molar-refractivity contribution in [3.63, 3.8) is 0 Å². The number of benzene rings is 1. The van der Waals surface area contributed by atoms with E-state index in [0.29, 0.717) is 12.5 Å². The Morgan fingerprint density at radius 3 is 2.50 bits per heavy atom. The Bertz CT molecular complexity index is 643. The van der Waals surface area contributed by atoms with Crippen molar-refractivity contribution in [1.29, 1.82) is 0 Å². The van der Waals surface area contributed by atoms with Gasteiger partial charge in [-0.2, -0.15) is 0 Å². The van der Waals surface area contributed by atoms with E-state index in [2.05, 4.69) is 30.3 Å². The molecule has 2 unspecified atom stereocenters. The van der Waals surface area contributed by atoms with Crippen LogP contribution in [0.15, 0.2) is 47.2 Å². The molecule has 1 saturated carbocycles. The van der Waals surface area contributed by atoms with Crippen LogP contribution in [0.3, 0.4) is 0 Å². The molecule has 3 N–H and O–H groups in total. The molecule has 0 radical (unpaired) electrons. The summed E-state index contributed by atoms with van der Waals surface area (Å²) in [7, 11) is 4.17. The number of nitrogens with zero attached hydrogens (tertiary/aromatic N) is 1. The zero-order valence-corrected chi connectivity index (χ0v) is 14.8. The molecule has 3 nitrogen and oxygen atoms in total. The number of nitrogens with two attached hydrogens (primary N) is 1. The predicted octanol–water partition coefficient (Wildman–Crippen LogP) is 3.22. The molecule has 4 heteroatoms. The first kappa shape index (κ1) is 17.2. The van der Waals surface area contributed by atoms with Crippen LogP contribution in [-0.4, -0.2) is 32.1 Å². The zero-order valence-electron chi connectivity index (χ0n) is 14.8. The topological polar surface area (TPSA) is 41.3 Å². The van der Waals surface area contributed by atoms with Crippen LogP contribution >= 0.6 is 0 Å². The van der Waals surface area contributed by atoms with Gasteiger partial charge in [0.25, 0.3) is 0 Å².